The van der Waals surface area contributed by atoms with E-state index in [4.69, 9.17) is 0 Å². The number of nitrogens with zero attached hydrogens (tertiary/aromatic N) is 1. The number of rotatable bonds is 8. The standard InChI is InChI=1S/C38H49F6NO4/c1-22(31-11-12-32-25(8-5-13-35(31,32)3)9-10-26-18-30(46)20-33(47)23(26)2)15-29-21-36(4,49)34(48)45(29)14-6-7-24-16-27(37(39,40)41)19-28(17-24)38(42,43)44/h9-10,16-17,19,22,29-33,46-47,49H,2,5-8,11-15,18,20-21H2,1,3-4H3/b25-9+,26-10-/t22-,29+,30-,31-,32+,33+,35-,36+/m1/s1. The average Bonchev–Trinajstić information content (AvgIpc) is 3.45. The number of aryl methyl sites for hydroxylation is 1. The molecule has 3 aliphatic carbocycles. The van der Waals surface area contributed by atoms with E-state index in [0.29, 0.717) is 36.7 Å². The number of halogens is 6. The van der Waals surface area contributed by atoms with Crippen molar-refractivity contribution in [2.75, 3.05) is 6.54 Å². The predicted molar refractivity (Wildman–Crippen MR) is 174 cm³/mol. The molecule has 11 heteroatoms. The lowest BCUT2D eigenvalue weighted by Gasteiger charge is -2.45. The Bertz CT molecular complexity index is 1450. The van der Waals surface area contributed by atoms with E-state index in [1.807, 2.05) is 6.08 Å². The van der Waals surface area contributed by atoms with Crippen LogP contribution in [0.2, 0.25) is 0 Å². The minimum absolute atomic E-state index is 0.0280. The van der Waals surface area contributed by atoms with Gasteiger partial charge in [0.05, 0.1) is 23.3 Å². The molecule has 4 aliphatic rings. The van der Waals surface area contributed by atoms with Crippen LogP contribution in [0.25, 0.3) is 0 Å². The highest BCUT2D eigenvalue weighted by molar-refractivity contribution is 5.87. The van der Waals surface area contributed by atoms with E-state index in [1.165, 1.54) is 12.5 Å². The van der Waals surface area contributed by atoms with E-state index in [2.05, 4.69) is 26.5 Å². The lowest BCUT2D eigenvalue weighted by atomic mass is 9.60. The quantitative estimate of drug-likeness (QED) is 0.240. The van der Waals surface area contributed by atoms with Crippen LogP contribution in [0.3, 0.4) is 0 Å². The van der Waals surface area contributed by atoms with E-state index >= 15 is 0 Å². The van der Waals surface area contributed by atoms with Crippen molar-refractivity contribution in [3.05, 3.63) is 70.3 Å². The Hall–Kier alpha value is -2.63. The van der Waals surface area contributed by atoms with Gasteiger partial charge >= 0.3 is 12.4 Å². The third kappa shape index (κ3) is 7.99. The van der Waals surface area contributed by atoms with Gasteiger partial charge in [0.15, 0.2) is 0 Å². The molecule has 8 atom stereocenters. The first-order chi connectivity index (χ1) is 22.7. The molecule has 49 heavy (non-hydrogen) atoms. The first kappa shape index (κ1) is 37.6. The van der Waals surface area contributed by atoms with Gasteiger partial charge in [-0.25, -0.2) is 0 Å². The smallest absolute Gasteiger partial charge is 0.393 e. The zero-order valence-corrected chi connectivity index (χ0v) is 28.5. The Kier molecular flexibility index (Phi) is 10.6. The van der Waals surface area contributed by atoms with Gasteiger partial charge in [0.1, 0.15) is 5.60 Å². The second-order valence-electron chi connectivity index (χ2n) is 15.5. The number of carbonyl (C=O) groups is 1. The fraction of sp³-hybridized carbons (Fsp3) is 0.658. The van der Waals surface area contributed by atoms with Crippen LogP contribution in [0, 0.1) is 23.2 Å². The molecule has 1 saturated heterocycles. The number of aliphatic hydroxyl groups excluding tert-OH is 2. The Morgan fingerprint density at radius 3 is 2.33 bits per heavy atom. The molecule has 1 aromatic carbocycles. The minimum Gasteiger partial charge on any atom is -0.393 e. The zero-order chi connectivity index (χ0) is 36.1. The van der Waals surface area contributed by atoms with Crippen LogP contribution in [0.1, 0.15) is 102 Å². The highest BCUT2D eigenvalue weighted by atomic mass is 19.4. The SMILES string of the molecule is C=C1/C(=C\C=C2/CCC[C@]3(C)[C@@H]([C@H](C)C[C@H]4C[C@](C)(O)C(=O)N4CCCc4cc(C(F)(F)F)cc(C(F)(F)F)c4)CC[C@@H]23)C[C@@H](O)C[C@@H]1O. The number of benzene rings is 1. The van der Waals surface area contributed by atoms with Crippen LogP contribution in [0.5, 0.6) is 0 Å². The first-order valence-electron chi connectivity index (χ1n) is 17.5. The van der Waals surface area contributed by atoms with Crippen molar-refractivity contribution in [3.8, 4) is 0 Å². The highest BCUT2D eigenvalue weighted by Crippen LogP contribution is 2.60. The Morgan fingerprint density at radius 2 is 1.69 bits per heavy atom. The lowest BCUT2D eigenvalue weighted by Crippen LogP contribution is -2.41. The van der Waals surface area contributed by atoms with Gasteiger partial charge in [0.2, 0.25) is 0 Å². The largest absolute Gasteiger partial charge is 0.416 e. The maximum absolute atomic E-state index is 13.4. The third-order valence-corrected chi connectivity index (χ3v) is 11.9. The first-order valence-corrected chi connectivity index (χ1v) is 17.5. The van der Waals surface area contributed by atoms with Gasteiger partial charge in [-0.2, -0.15) is 26.3 Å². The number of hydrogen-bond donors (Lipinski definition) is 3. The summed E-state index contributed by atoms with van der Waals surface area (Å²) in [5.41, 5.74) is -1.49. The molecule has 1 aliphatic heterocycles. The summed E-state index contributed by atoms with van der Waals surface area (Å²) in [6, 6.07) is 1.28. The van der Waals surface area contributed by atoms with Gasteiger partial charge in [-0.05, 0) is 123 Å². The molecule has 0 bridgehead atoms. The molecule has 0 aromatic heterocycles. The number of carbonyl (C=O) groups excluding carboxylic acids is 1. The summed E-state index contributed by atoms with van der Waals surface area (Å²) in [7, 11) is 0. The van der Waals surface area contributed by atoms with Crippen molar-refractivity contribution >= 4 is 5.91 Å². The summed E-state index contributed by atoms with van der Waals surface area (Å²) in [6.45, 7) is 10.1. The molecule has 272 valence electrons. The van der Waals surface area contributed by atoms with Crippen molar-refractivity contribution in [3.63, 3.8) is 0 Å². The summed E-state index contributed by atoms with van der Waals surface area (Å²) in [4.78, 5) is 14.9. The van der Waals surface area contributed by atoms with Crippen LogP contribution >= 0.6 is 0 Å². The van der Waals surface area contributed by atoms with Crippen LogP contribution < -0.4 is 0 Å². The van der Waals surface area contributed by atoms with Crippen LogP contribution in [-0.2, 0) is 23.6 Å². The lowest BCUT2D eigenvalue weighted by molar-refractivity contribution is -0.143. The van der Waals surface area contributed by atoms with Crippen LogP contribution in [-0.4, -0.2) is 56.5 Å². The molecular weight excluding hydrogens is 648 g/mol. The molecule has 5 rings (SSSR count). The van der Waals surface area contributed by atoms with Crippen molar-refractivity contribution in [1.82, 2.24) is 4.90 Å². The second kappa shape index (κ2) is 13.8. The molecule has 3 saturated carbocycles. The monoisotopic (exact) mass is 697 g/mol. The van der Waals surface area contributed by atoms with Crippen LogP contribution in [0.4, 0.5) is 26.3 Å². The Balaban J connectivity index is 1.27. The Labute approximate surface area is 284 Å². The third-order valence-electron chi connectivity index (χ3n) is 11.9. The maximum Gasteiger partial charge on any atom is 0.416 e. The molecule has 0 spiro atoms. The molecule has 1 aromatic rings. The number of aliphatic hydroxyl groups is 3. The molecule has 3 N–H and O–H groups in total. The summed E-state index contributed by atoms with van der Waals surface area (Å²) >= 11 is 0. The summed E-state index contributed by atoms with van der Waals surface area (Å²) < 4.78 is 80.3. The molecule has 0 radical (unpaired) electrons. The number of fused-ring (bicyclic) bond motifs is 1. The number of amides is 1. The summed E-state index contributed by atoms with van der Waals surface area (Å²) in [5, 5.41) is 31.4. The number of hydrogen-bond acceptors (Lipinski definition) is 4. The second-order valence-corrected chi connectivity index (χ2v) is 15.5. The number of alkyl halides is 6. The molecule has 1 amide bonds. The fourth-order valence-electron chi connectivity index (χ4n) is 9.52. The van der Waals surface area contributed by atoms with E-state index in [9.17, 15) is 46.5 Å². The van der Waals surface area contributed by atoms with E-state index in [-0.39, 0.29) is 54.8 Å². The average molecular weight is 698 g/mol. The van der Waals surface area contributed by atoms with Gasteiger partial charge in [-0.1, -0.05) is 38.2 Å². The zero-order valence-electron chi connectivity index (χ0n) is 28.5. The summed E-state index contributed by atoms with van der Waals surface area (Å²) in [5.74, 6) is 0.463. The normalized spacial score (nSPS) is 35.0. The molecular formula is C38H49F6NO4. The van der Waals surface area contributed by atoms with Gasteiger partial charge in [0, 0.05) is 25.4 Å². The topological polar surface area (TPSA) is 81.0 Å². The number of likely N-dealkylation sites (tertiary alicyclic amines) is 1. The van der Waals surface area contributed by atoms with Crippen molar-refractivity contribution in [2.45, 2.75) is 128 Å². The van der Waals surface area contributed by atoms with Crippen molar-refractivity contribution in [1.29, 1.82) is 0 Å². The van der Waals surface area contributed by atoms with Crippen molar-refractivity contribution in [2.24, 2.45) is 23.2 Å². The highest BCUT2D eigenvalue weighted by Gasteiger charge is 2.53. The summed E-state index contributed by atoms with van der Waals surface area (Å²) in [6.07, 6.45) is -0.233. The van der Waals surface area contributed by atoms with Crippen LogP contribution in [0.15, 0.2) is 53.6 Å². The maximum atomic E-state index is 13.4. The van der Waals surface area contributed by atoms with E-state index < -0.39 is 47.2 Å². The fourth-order valence-corrected chi connectivity index (χ4v) is 9.52. The predicted octanol–water partition coefficient (Wildman–Crippen LogP) is 8.18. The molecule has 4 fully saturated rings. The van der Waals surface area contributed by atoms with E-state index in [0.717, 1.165) is 49.8 Å². The van der Waals surface area contributed by atoms with Gasteiger partial charge in [0.25, 0.3) is 5.91 Å². The van der Waals surface area contributed by atoms with Gasteiger partial charge in [-0.3, -0.25) is 4.79 Å². The number of allylic oxidation sites excluding steroid dienone is 3. The molecule has 1 heterocycles. The van der Waals surface area contributed by atoms with Gasteiger partial charge in [-0.15, -0.1) is 0 Å². The minimum atomic E-state index is -4.93. The van der Waals surface area contributed by atoms with E-state index in [1.54, 1.807) is 4.90 Å². The molecule has 5 nitrogen and oxygen atoms in total. The van der Waals surface area contributed by atoms with Crippen molar-refractivity contribution < 1.29 is 46.5 Å². The molecule has 0 unspecified atom stereocenters. The van der Waals surface area contributed by atoms with Gasteiger partial charge < -0.3 is 20.2 Å². The Morgan fingerprint density at radius 1 is 1.04 bits per heavy atom.